The highest BCUT2D eigenvalue weighted by Crippen LogP contribution is 2.50. The molecule has 0 spiro atoms. The molecule has 15 heavy (non-hydrogen) atoms. The summed E-state index contributed by atoms with van der Waals surface area (Å²) >= 11 is 0. The normalized spacial score (nSPS) is 46.6. The van der Waals surface area contributed by atoms with E-state index in [4.69, 9.17) is 0 Å². The summed E-state index contributed by atoms with van der Waals surface area (Å²) < 4.78 is 0. The number of rotatable bonds is 1. The van der Waals surface area contributed by atoms with Gasteiger partial charge in [0.15, 0.2) is 0 Å². The maximum absolute atomic E-state index is 2.50. The maximum Gasteiger partial charge on any atom is -0.0350 e. The van der Waals surface area contributed by atoms with Crippen molar-refractivity contribution in [2.24, 2.45) is 35.5 Å². The molecule has 0 aromatic heterocycles. The largest absolute Gasteiger partial charge is 0.0625 e. The van der Waals surface area contributed by atoms with Crippen LogP contribution in [0, 0.1) is 35.5 Å². The Labute approximate surface area is 95.8 Å². The summed E-state index contributed by atoms with van der Waals surface area (Å²) in [4.78, 5) is 0. The van der Waals surface area contributed by atoms with E-state index in [0.717, 1.165) is 35.5 Å². The first-order chi connectivity index (χ1) is 7.09. The number of hydrogen-bond donors (Lipinski definition) is 0. The van der Waals surface area contributed by atoms with Crippen LogP contribution in [0.5, 0.6) is 0 Å². The number of fused-ring (bicyclic) bond motifs is 1. The van der Waals surface area contributed by atoms with E-state index in [-0.39, 0.29) is 0 Å². The summed E-state index contributed by atoms with van der Waals surface area (Å²) in [5.74, 6) is 6.10. The average molecular weight is 208 g/mol. The third-order valence-electron chi connectivity index (χ3n) is 5.31. The van der Waals surface area contributed by atoms with Gasteiger partial charge in [-0.05, 0) is 54.8 Å². The van der Waals surface area contributed by atoms with Gasteiger partial charge in [-0.15, -0.1) is 0 Å². The van der Waals surface area contributed by atoms with Crippen LogP contribution in [0.15, 0.2) is 0 Å². The van der Waals surface area contributed by atoms with Gasteiger partial charge in [-0.25, -0.2) is 0 Å². The van der Waals surface area contributed by atoms with Gasteiger partial charge in [0.2, 0.25) is 0 Å². The molecule has 2 rings (SSSR count). The molecule has 0 aliphatic heterocycles. The summed E-state index contributed by atoms with van der Waals surface area (Å²) in [6, 6.07) is 0. The lowest BCUT2D eigenvalue weighted by Gasteiger charge is -2.48. The summed E-state index contributed by atoms with van der Waals surface area (Å²) in [5.41, 5.74) is 0. The van der Waals surface area contributed by atoms with Crippen molar-refractivity contribution in [3.8, 4) is 0 Å². The van der Waals surface area contributed by atoms with Crippen LogP contribution in [0.4, 0.5) is 0 Å². The van der Waals surface area contributed by atoms with Crippen molar-refractivity contribution < 1.29 is 0 Å². The molecule has 2 aliphatic carbocycles. The van der Waals surface area contributed by atoms with Crippen molar-refractivity contribution >= 4 is 0 Å². The molecule has 2 saturated carbocycles. The van der Waals surface area contributed by atoms with Crippen molar-refractivity contribution in [1.29, 1.82) is 0 Å². The summed E-state index contributed by atoms with van der Waals surface area (Å²) in [6.45, 7) is 9.85. The van der Waals surface area contributed by atoms with Crippen LogP contribution >= 0.6 is 0 Å². The smallest absolute Gasteiger partial charge is 0.0350 e. The highest BCUT2D eigenvalue weighted by molar-refractivity contribution is 4.90. The van der Waals surface area contributed by atoms with E-state index < -0.39 is 0 Å². The van der Waals surface area contributed by atoms with Gasteiger partial charge in [0.25, 0.3) is 0 Å². The molecule has 2 aliphatic rings. The molecule has 2 fully saturated rings. The standard InChI is InChI=1S/C15H28/c1-10(2)13-8-6-12(4)14-7-5-11(3)9-15(13)14/h10-15H,5-9H2,1-4H3/t11?,12?,13-,14+,15+/m0/s1. The molecule has 0 heteroatoms. The fraction of sp³-hybridized carbons (Fsp3) is 1.00. The second-order valence-electron chi connectivity index (χ2n) is 6.71. The van der Waals surface area contributed by atoms with E-state index in [1.807, 2.05) is 0 Å². The molecule has 5 atom stereocenters. The first kappa shape index (κ1) is 11.5. The second kappa shape index (κ2) is 4.47. The van der Waals surface area contributed by atoms with Gasteiger partial charge in [-0.2, -0.15) is 0 Å². The first-order valence-electron chi connectivity index (χ1n) is 7.09. The molecule has 0 bridgehead atoms. The minimum atomic E-state index is 0.912. The lowest BCUT2D eigenvalue weighted by Crippen LogP contribution is -2.39. The Kier molecular flexibility index (Phi) is 3.42. The molecule has 0 radical (unpaired) electrons. The van der Waals surface area contributed by atoms with Gasteiger partial charge >= 0.3 is 0 Å². The zero-order valence-corrected chi connectivity index (χ0v) is 11.0. The molecule has 0 N–H and O–H groups in total. The van der Waals surface area contributed by atoms with Crippen LogP contribution in [0.25, 0.3) is 0 Å². The predicted octanol–water partition coefficient (Wildman–Crippen LogP) is 4.74. The Morgan fingerprint density at radius 2 is 1.60 bits per heavy atom. The fourth-order valence-electron chi connectivity index (χ4n) is 4.36. The molecular formula is C15H28. The van der Waals surface area contributed by atoms with Crippen molar-refractivity contribution in [3.05, 3.63) is 0 Å². The Morgan fingerprint density at radius 3 is 2.27 bits per heavy atom. The quantitative estimate of drug-likeness (QED) is 0.584. The van der Waals surface area contributed by atoms with E-state index in [1.54, 1.807) is 0 Å². The van der Waals surface area contributed by atoms with Gasteiger partial charge in [0.05, 0.1) is 0 Å². The molecule has 2 unspecified atom stereocenters. The van der Waals surface area contributed by atoms with Crippen LogP contribution < -0.4 is 0 Å². The van der Waals surface area contributed by atoms with Gasteiger partial charge < -0.3 is 0 Å². The van der Waals surface area contributed by atoms with Crippen molar-refractivity contribution in [1.82, 2.24) is 0 Å². The lowest BCUT2D eigenvalue weighted by molar-refractivity contribution is 0.0182. The molecule has 0 amide bonds. The first-order valence-corrected chi connectivity index (χ1v) is 7.09. The summed E-state index contributed by atoms with van der Waals surface area (Å²) in [6.07, 6.45) is 7.55. The van der Waals surface area contributed by atoms with Gasteiger partial charge in [0, 0.05) is 0 Å². The Hall–Kier alpha value is 0. The van der Waals surface area contributed by atoms with Crippen LogP contribution in [0.3, 0.4) is 0 Å². The van der Waals surface area contributed by atoms with Gasteiger partial charge in [0.1, 0.15) is 0 Å². The zero-order chi connectivity index (χ0) is 11.0. The third-order valence-corrected chi connectivity index (χ3v) is 5.31. The molecule has 88 valence electrons. The molecule has 0 saturated heterocycles. The highest BCUT2D eigenvalue weighted by Gasteiger charge is 2.41. The van der Waals surface area contributed by atoms with Crippen molar-refractivity contribution in [3.63, 3.8) is 0 Å². The van der Waals surface area contributed by atoms with Crippen LogP contribution in [0.1, 0.15) is 59.8 Å². The zero-order valence-electron chi connectivity index (χ0n) is 11.0. The predicted molar refractivity (Wildman–Crippen MR) is 66.7 cm³/mol. The van der Waals surface area contributed by atoms with Crippen molar-refractivity contribution in [2.75, 3.05) is 0 Å². The maximum atomic E-state index is 2.50. The molecular weight excluding hydrogens is 180 g/mol. The van der Waals surface area contributed by atoms with E-state index >= 15 is 0 Å². The molecule has 0 nitrogen and oxygen atoms in total. The molecule has 0 aromatic carbocycles. The van der Waals surface area contributed by atoms with E-state index in [9.17, 15) is 0 Å². The SMILES string of the molecule is CC1CC[C@@H]2C(C)CC[C@@H](C(C)C)[C@H]2C1. The summed E-state index contributed by atoms with van der Waals surface area (Å²) in [7, 11) is 0. The molecule has 0 aromatic rings. The summed E-state index contributed by atoms with van der Waals surface area (Å²) in [5, 5.41) is 0. The second-order valence-corrected chi connectivity index (χ2v) is 6.71. The third kappa shape index (κ3) is 2.24. The van der Waals surface area contributed by atoms with E-state index in [0.29, 0.717) is 0 Å². The fourth-order valence-corrected chi connectivity index (χ4v) is 4.36. The van der Waals surface area contributed by atoms with Gasteiger partial charge in [-0.1, -0.05) is 40.5 Å². The van der Waals surface area contributed by atoms with Crippen molar-refractivity contribution in [2.45, 2.75) is 59.8 Å². The minimum absolute atomic E-state index is 0.912. The number of hydrogen-bond acceptors (Lipinski definition) is 0. The topological polar surface area (TPSA) is 0 Å². The Bertz CT molecular complexity index is 202. The van der Waals surface area contributed by atoms with E-state index in [1.165, 1.54) is 32.1 Å². The van der Waals surface area contributed by atoms with E-state index in [2.05, 4.69) is 27.7 Å². The lowest BCUT2D eigenvalue weighted by atomic mass is 9.57. The Balaban J connectivity index is 2.10. The van der Waals surface area contributed by atoms with Crippen LogP contribution in [-0.4, -0.2) is 0 Å². The minimum Gasteiger partial charge on any atom is -0.0625 e. The highest BCUT2D eigenvalue weighted by atomic mass is 14.5. The van der Waals surface area contributed by atoms with Crippen LogP contribution in [-0.2, 0) is 0 Å². The van der Waals surface area contributed by atoms with Gasteiger partial charge in [-0.3, -0.25) is 0 Å². The van der Waals surface area contributed by atoms with Crippen LogP contribution in [0.2, 0.25) is 0 Å². The average Bonchev–Trinajstić information content (AvgIpc) is 2.17. The Morgan fingerprint density at radius 1 is 0.867 bits per heavy atom. The monoisotopic (exact) mass is 208 g/mol. The molecule has 0 heterocycles.